The number of hydrogen-bond acceptors (Lipinski definition) is 3. The van der Waals surface area contributed by atoms with Crippen LogP contribution in [0, 0.1) is 5.82 Å². The average molecular weight is 330 g/mol. The number of guanidine groups is 1. The van der Waals surface area contributed by atoms with E-state index in [1.807, 2.05) is 19.1 Å². The number of halogens is 1. The van der Waals surface area contributed by atoms with Gasteiger partial charge in [-0.15, -0.1) is 0 Å². The van der Waals surface area contributed by atoms with Gasteiger partial charge in [0.15, 0.2) is 11.7 Å². The topological polar surface area (TPSA) is 62.5 Å². The van der Waals surface area contributed by atoms with Crippen molar-refractivity contribution in [3.05, 3.63) is 53.2 Å². The molecule has 1 aliphatic rings. The van der Waals surface area contributed by atoms with Gasteiger partial charge in [0.1, 0.15) is 5.82 Å². The van der Waals surface area contributed by atoms with E-state index in [2.05, 4.69) is 20.8 Å². The van der Waals surface area contributed by atoms with Gasteiger partial charge in [0.2, 0.25) is 0 Å². The van der Waals surface area contributed by atoms with Crippen molar-refractivity contribution in [2.75, 3.05) is 13.6 Å². The van der Waals surface area contributed by atoms with Crippen molar-refractivity contribution >= 4 is 5.96 Å². The Hall–Kier alpha value is -2.37. The van der Waals surface area contributed by atoms with Crippen molar-refractivity contribution in [1.82, 2.24) is 15.8 Å². The average Bonchev–Trinajstić information content (AvgIpc) is 3.25. The summed E-state index contributed by atoms with van der Waals surface area (Å²) in [6.07, 6.45) is 2.97. The minimum atomic E-state index is -0.182. The first-order chi connectivity index (χ1) is 11.6. The number of nitrogens with one attached hydrogen (secondary N) is 2. The second-order valence-electron chi connectivity index (χ2n) is 6.21. The summed E-state index contributed by atoms with van der Waals surface area (Å²) in [7, 11) is 1.73. The van der Waals surface area contributed by atoms with Crippen LogP contribution in [0.25, 0.3) is 0 Å². The molecule has 2 aromatic rings. The third kappa shape index (κ3) is 3.75. The van der Waals surface area contributed by atoms with Crippen LogP contribution in [0.5, 0.6) is 0 Å². The highest BCUT2D eigenvalue weighted by Gasteiger charge is 2.44. The molecular formula is C18H23FN4O. The van der Waals surface area contributed by atoms with Crippen LogP contribution in [-0.2, 0) is 18.4 Å². The maximum atomic E-state index is 13.5. The van der Waals surface area contributed by atoms with Gasteiger partial charge in [0.25, 0.3) is 0 Å². The molecule has 0 aliphatic heterocycles. The number of nitrogens with zero attached hydrogens (tertiary/aromatic N) is 2. The molecular weight excluding hydrogens is 307 g/mol. The lowest BCUT2D eigenvalue weighted by Crippen LogP contribution is -2.40. The highest BCUT2D eigenvalue weighted by atomic mass is 19.1. The summed E-state index contributed by atoms with van der Waals surface area (Å²) in [4.78, 5) is 4.23. The second kappa shape index (κ2) is 7.03. The molecule has 1 saturated carbocycles. The van der Waals surface area contributed by atoms with Crippen molar-refractivity contribution in [2.45, 2.75) is 38.1 Å². The third-order valence-corrected chi connectivity index (χ3v) is 4.51. The smallest absolute Gasteiger partial charge is 0.191 e. The summed E-state index contributed by atoms with van der Waals surface area (Å²) in [5.41, 5.74) is 2.01. The van der Waals surface area contributed by atoms with Gasteiger partial charge >= 0.3 is 0 Å². The summed E-state index contributed by atoms with van der Waals surface area (Å²) < 4.78 is 18.7. The maximum absolute atomic E-state index is 13.5. The number of aryl methyl sites for hydroxylation is 1. The molecule has 1 aromatic carbocycles. The predicted octanol–water partition coefficient (Wildman–Crippen LogP) is 2.77. The highest BCUT2D eigenvalue weighted by molar-refractivity contribution is 5.79. The maximum Gasteiger partial charge on any atom is 0.191 e. The van der Waals surface area contributed by atoms with Crippen molar-refractivity contribution in [1.29, 1.82) is 0 Å². The van der Waals surface area contributed by atoms with Gasteiger partial charge in [-0.1, -0.05) is 24.2 Å². The van der Waals surface area contributed by atoms with Crippen LogP contribution >= 0.6 is 0 Å². The Bertz CT molecular complexity index is 721. The van der Waals surface area contributed by atoms with Crippen LogP contribution < -0.4 is 10.6 Å². The first-order valence-corrected chi connectivity index (χ1v) is 8.30. The van der Waals surface area contributed by atoms with E-state index in [9.17, 15) is 4.39 Å². The molecule has 0 saturated heterocycles. The highest BCUT2D eigenvalue weighted by Crippen LogP contribution is 2.47. The zero-order valence-electron chi connectivity index (χ0n) is 14.1. The molecule has 0 radical (unpaired) electrons. The molecule has 3 rings (SSSR count). The van der Waals surface area contributed by atoms with Gasteiger partial charge in [0, 0.05) is 25.1 Å². The standard InChI is InChI=1S/C18H23FN4O/c1-3-15-10-16(24-23-15)11-21-17(20-2)22-12-18(7-8-18)13-5-4-6-14(19)9-13/h4-6,9-10H,3,7-8,11-12H2,1-2H3,(H2,20,21,22). The molecule has 1 aromatic heterocycles. The second-order valence-corrected chi connectivity index (χ2v) is 6.21. The fourth-order valence-electron chi connectivity index (χ4n) is 2.79. The Morgan fingerprint density at radius 1 is 1.33 bits per heavy atom. The monoisotopic (exact) mass is 330 g/mol. The Balaban J connectivity index is 1.54. The molecule has 0 spiro atoms. The molecule has 0 unspecified atom stereocenters. The van der Waals surface area contributed by atoms with E-state index in [0.29, 0.717) is 12.5 Å². The van der Waals surface area contributed by atoms with Gasteiger partial charge in [-0.05, 0) is 37.0 Å². The van der Waals surface area contributed by atoms with Gasteiger partial charge in [-0.2, -0.15) is 0 Å². The third-order valence-electron chi connectivity index (χ3n) is 4.51. The first kappa shape index (κ1) is 16.5. The summed E-state index contributed by atoms with van der Waals surface area (Å²) in [6, 6.07) is 8.82. The molecule has 5 nitrogen and oxygen atoms in total. The van der Waals surface area contributed by atoms with Crippen molar-refractivity contribution in [3.8, 4) is 0 Å². The predicted molar refractivity (Wildman–Crippen MR) is 91.4 cm³/mol. The number of benzene rings is 1. The van der Waals surface area contributed by atoms with Gasteiger partial charge in [0.05, 0.1) is 12.2 Å². The van der Waals surface area contributed by atoms with E-state index in [4.69, 9.17) is 4.52 Å². The van der Waals surface area contributed by atoms with Crippen LogP contribution in [-0.4, -0.2) is 24.7 Å². The quantitative estimate of drug-likeness (QED) is 0.631. The summed E-state index contributed by atoms with van der Waals surface area (Å²) >= 11 is 0. The van der Waals surface area contributed by atoms with E-state index in [-0.39, 0.29) is 11.2 Å². The zero-order chi connectivity index (χ0) is 17.0. The number of aromatic nitrogens is 1. The molecule has 1 aliphatic carbocycles. The van der Waals surface area contributed by atoms with Gasteiger partial charge in [-0.3, -0.25) is 4.99 Å². The van der Waals surface area contributed by atoms with E-state index in [1.165, 1.54) is 6.07 Å². The number of rotatable bonds is 6. The summed E-state index contributed by atoms with van der Waals surface area (Å²) in [6.45, 7) is 3.30. The Morgan fingerprint density at radius 3 is 2.79 bits per heavy atom. The van der Waals surface area contributed by atoms with Crippen molar-refractivity contribution in [2.24, 2.45) is 4.99 Å². The number of aliphatic imine (C=N–C) groups is 1. The van der Waals surface area contributed by atoms with Crippen LogP contribution in [0.2, 0.25) is 0 Å². The van der Waals surface area contributed by atoms with Crippen molar-refractivity contribution in [3.63, 3.8) is 0 Å². The molecule has 1 heterocycles. The Morgan fingerprint density at radius 2 is 2.17 bits per heavy atom. The lowest BCUT2D eigenvalue weighted by molar-refractivity contribution is 0.374. The van der Waals surface area contributed by atoms with Crippen LogP contribution in [0.15, 0.2) is 39.8 Å². The van der Waals surface area contributed by atoms with Gasteiger partial charge in [-0.25, -0.2) is 4.39 Å². The number of hydrogen-bond donors (Lipinski definition) is 2. The summed E-state index contributed by atoms with van der Waals surface area (Å²) in [5.74, 6) is 1.30. The fourth-order valence-corrected chi connectivity index (χ4v) is 2.79. The molecule has 24 heavy (non-hydrogen) atoms. The lowest BCUT2D eigenvalue weighted by Gasteiger charge is -2.18. The largest absolute Gasteiger partial charge is 0.359 e. The molecule has 128 valence electrons. The normalized spacial score (nSPS) is 16.0. The molecule has 1 fully saturated rings. The Labute approximate surface area is 141 Å². The molecule has 0 bridgehead atoms. The van der Waals surface area contributed by atoms with E-state index < -0.39 is 0 Å². The van der Waals surface area contributed by atoms with E-state index in [0.717, 1.165) is 42.8 Å². The molecule has 2 N–H and O–H groups in total. The minimum absolute atomic E-state index is 0.0152. The van der Waals surface area contributed by atoms with Crippen LogP contribution in [0.1, 0.15) is 36.8 Å². The van der Waals surface area contributed by atoms with Crippen molar-refractivity contribution < 1.29 is 8.91 Å². The SMILES string of the molecule is CCc1cc(CNC(=NC)NCC2(c3cccc(F)c3)CC2)on1. The molecule has 0 amide bonds. The van der Waals surface area contributed by atoms with E-state index >= 15 is 0 Å². The zero-order valence-corrected chi connectivity index (χ0v) is 14.1. The van der Waals surface area contributed by atoms with Crippen LogP contribution in [0.4, 0.5) is 4.39 Å². The molecule has 0 atom stereocenters. The van der Waals surface area contributed by atoms with Crippen LogP contribution in [0.3, 0.4) is 0 Å². The fraction of sp³-hybridized carbons (Fsp3) is 0.444. The molecule has 6 heteroatoms. The first-order valence-electron chi connectivity index (χ1n) is 8.30. The summed E-state index contributed by atoms with van der Waals surface area (Å²) in [5, 5.41) is 10.5. The van der Waals surface area contributed by atoms with E-state index in [1.54, 1.807) is 19.2 Å². The van der Waals surface area contributed by atoms with Gasteiger partial charge < -0.3 is 15.2 Å². The minimum Gasteiger partial charge on any atom is -0.359 e. The lowest BCUT2D eigenvalue weighted by atomic mass is 9.96. The Kier molecular flexibility index (Phi) is 4.83.